The number of amides is 1. The molecule has 0 atom stereocenters. The first-order valence-corrected chi connectivity index (χ1v) is 9.33. The van der Waals surface area contributed by atoms with Gasteiger partial charge < -0.3 is 24.1 Å². The normalized spacial score (nSPS) is 11.0. The topological polar surface area (TPSA) is 114 Å². The molecule has 0 bridgehead atoms. The van der Waals surface area contributed by atoms with Gasteiger partial charge in [0.2, 0.25) is 34.9 Å². The fraction of sp³-hybridized carbons (Fsp3) is 0.0952. The molecule has 0 saturated carbocycles. The third-order valence-corrected chi connectivity index (χ3v) is 4.32. The minimum atomic E-state index is -2.29. The van der Waals surface area contributed by atoms with Gasteiger partial charge in [0.05, 0.1) is 0 Å². The summed E-state index contributed by atoms with van der Waals surface area (Å²) in [5.41, 5.74) is 5.55. The number of hydrogen-bond donors (Lipinski definition) is 1. The summed E-state index contributed by atoms with van der Waals surface area (Å²) in [6.45, 7) is -0.924. The van der Waals surface area contributed by atoms with Crippen LogP contribution in [-0.2, 0) is 11.4 Å². The first-order chi connectivity index (χ1) is 16.2. The number of ether oxygens (including phenoxy) is 2. The van der Waals surface area contributed by atoms with Crippen LogP contribution in [-0.4, -0.2) is 22.7 Å². The number of carbonyl (C=O) groups is 1. The monoisotopic (exact) mass is 481 g/mol. The predicted octanol–water partition coefficient (Wildman–Crippen LogP) is 4.14. The van der Waals surface area contributed by atoms with Crippen LogP contribution in [0.5, 0.6) is 11.5 Å². The molecule has 2 N–H and O–H groups in total. The maximum Gasteiger partial charge on any atom is 0.293 e. The summed E-state index contributed by atoms with van der Waals surface area (Å²) in [6.07, 6.45) is 0. The Kier molecular flexibility index (Phi) is 6.17. The maximum absolute atomic E-state index is 13.7. The lowest BCUT2D eigenvalue weighted by atomic mass is 10.2. The van der Waals surface area contributed by atoms with E-state index in [2.05, 4.69) is 10.1 Å². The molecule has 0 spiro atoms. The van der Waals surface area contributed by atoms with Gasteiger partial charge in [-0.1, -0.05) is 5.16 Å². The first-order valence-electron chi connectivity index (χ1n) is 9.33. The number of benzene rings is 2. The molecule has 2 heterocycles. The SMILES string of the molecule is NC(=O)COc1ccc(-c2noc(-c3ccc(COc4c(F)c(F)c(F)c(F)c4F)o3)n2)cc1. The van der Waals surface area contributed by atoms with Crippen molar-refractivity contribution in [3.63, 3.8) is 0 Å². The summed E-state index contributed by atoms with van der Waals surface area (Å²) < 4.78 is 87.5. The van der Waals surface area contributed by atoms with E-state index >= 15 is 0 Å². The van der Waals surface area contributed by atoms with Gasteiger partial charge >= 0.3 is 0 Å². The third kappa shape index (κ3) is 4.53. The number of nitrogens with two attached hydrogens (primary N) is 1. The molecule has 0 aliphatic heterocycles. The highest BCUT2D eigenvalue weighted by Gasteiger charge is 2.27. The van der Waals surface area contributed by atoms with Crippen molar-refractivity contribution in [1.82, 2.24) is 10.1 Å². The van der Waals surface area contributed by atoms with E-state index in [0.29, 0.717) is 11.3 Å². The maximum atomic E-state index is 13.7. The van der Waals surface area contributed by atoms with E-state index in [0.717, 1.165) is 0 Å². The van der Waals surface area contributed by atoms with E-state index in [1.807, 2.05) is 0 Å². The quantitative estimate of drug-likeness (QED) is 0.229. The highest BCUT2D eigenvalue weighted by Crippen LogP contribution is 2.30. The summed E-state index contributed by atoms with van der Waals surface area (Å²) in [5, 5.41) is 3.81. The Morgan fingerprint density at radius 2 is 1.53 bits per heavy atom. The van der Waals surface area contributed by atoms with E-state index in [-0.39, 0.29) is 29.8 Å². The zero-order valence-electron chi connectivity index (χ0n) is 16.8. The zero-order valence-corrected chi connectivity index (χ0v) is 16.8. The molecule has 0 unspecified atom stereocenters. The Morgan fingerprint density at radius 1 is 0.882 bits per heavy atom. The van der Waals surface area contributed by atoms with Crippen LogP contribution in [0.2, 0.25) is 0 Å². The number of furan rings is 1. The lowest BCUT2D eigenvalue weighted by Crippen LogP contribution is -2.19. The van der Waals surface area contributed by atoms with E-state index in [4.69, 9.17) is 24.1 Å². The standard InChI is InChI=1S/C21H12F5N3O5/c22-14-15(23)17(25)19(18(26)16(14)24)32-7-11-5-6-12(33-11)21-28-20(29-34-21)9-1-3-10(4-2-9)31-8-13(27)30/h1-6H,7-8H2,(H2,27,30). The molecule has 0 aliphatic carbocycles. The van der Waals surface area contributed by atoms with E-state index < -0.39 is 47.3 Å². The Morgan fingerprint density at radius 3 is 2.18 bits per heavy atom. The molecule has 0 fully saturated rings. The minimum Gasteiger partial charge on any atom is -0.484 e. The summed E-state index contributed by atoms with van der Waals surface area (Å²) in [7, 11) is 0. The average Bonchev–Trinajstić information content (AvgIpc) is 3.50. The van der Waals surface area contributed by atoms with Gasteiger partial charge in [-0.15, -0.1) is 0 Å². The molecule has 4 rings (SSSR count). The molecule has 8 nitrogen and oxygen atoms in total. The Hall–Kier alpha value is -4.42. The Balaban J connectivity index is 1.45. The van der Waals surface area contributed by atoms with Gasteiger partial charge in [-0.3, -0.25) is 4.79 Å². The molecule has 34 heavy (non-hydrogen) atoms. The molecule has 2 aromatic carbocycles. The molecular weight excluding hydrogens is 469 g/mol. The van der Waals surface area contributed by atoms with Gasteiger partial charge in [0.15, 0.2) is 18.1 Å². The van der Waals surface area contributed by atoms with Crippen LogP contribution in [0, 0.1) is 29.1 Å². The second-order valence-corrected chi connectivity index (χ2v) is 6.66. The summed E-state index contributed by atoms with van der Waals surface area (Å²) in [6, 6.07) is 9.06. The van der Waals surface area contributed by atoms with Crippen molar-refractivity contribution >= 4 is 5.91 Å². The van der Waals surface area contributed by atoms with Crippen molar-refractivity contribution in [2.45, 2.75) is 6.61 Å². The first kappa shape index (κ1) is 22.8. The van der Waals surface area contributed by atoms with Crippen molar-refractivity contribution in [3.8, 4) is 34.5 Å². The van der Waals surface area contributed by atoms with Crippen LogP contribution in [0.1, 0.15) is 5.76 Å². The third-order valence-electron chi connectivity index (χ3n) is 4.32. The van der Waals surface area contributed by atoms with Crippen LogP contribution in [0.4, 0.5) is 22.0 Å². The largest absolute Gasteiger partial charge is 0.484 e. The number of hydrogen-bond acceptors (Lipinski definition) is 7. The molecule has 0 radical (unpaired) electrons. The molecule has 4 aromatic rings. The molecular formula is C21H12F5N3O5. The Labute approximate surface area is 186 Å². The number of halogens is 5. The van der Waals surface area contributed by atoms with Gasteiger partial charge in [-0.05, 0) is 36.4 Å². The van der Waals surface area contributed by atoms with Gasteiger partial charge in [0.1, 0.15) is 18.1 Å². The fourth-order valence-electron chi connectivity index (χ4n) is 2.72. The zero-order chi connectivity index (χ0) is 24.4. The molecule has 1 amide bonds. The lowest BCUT2D eigenvalue weighted by Gasteiger charge is -2.08. The summed E-state index contributed by atoms with van der Waals surface area (Å²) in [5.74, 6) is -12.2. The molecule has 0 saturated heterocycles. The number of carbonyl (C=O) groups excluding carboxylic acids is 1. The van der Waals surface area contributed by atoms with Gasteiger partial charge in [0, 0.05) is 5.56 Å². The van der Waals surface area contributed by atoms with Crippen LogP contribution in [0.15, 0.2) is 45.3 Å². The molecule has 176 valence electrons. The van der Waals surface area contributed by atoms with E-state index in [1.54, 1.807) is 24.3 Å². The smallest absolute Gasteiger partial charge is 0.293 e. The molecule has 2 aromatic heterocycles. The van der Waals surface area contributed by atoms with Gasteiger partial charge in [0.25, 0.3) is 11.8 Å². The van der Waals surface area contributed by atoms with Crippen LogP contribution in [0.25, 0.3) is 23.0 Å². The molecule has 0 aliphatic rings. The minimum absolute atomic E-state index is 0.0188. The van der Waals surface area contributed by atoms with Gasteiger partial charge in [-0.25, -0.2) is 13.2 Å². The summed E-state index contributed by atoms with van der Waals surface area (Å²) >= 11 is 0. The predicted molar refractivity (Wildman–Crippen MR) is 103 cm³/mol. The van der Waals surface area contributed by atoms with E-state index in [1.165, 1.54) is 12.1 Å². The molecule has 13 heteroatoms. The van der Waals surface area contributed by atoms with Crippen molar-refractivity contribution in [2.75, 3.05) is 6.61 Å². The van der Waals surface area contributed by atoms with Crippen molar-refractivity contribution < 1.29 is 45.2 Å². The average molecular weight is 481 g/mol. The van der Waals surface area contributed by atoms with Crippen LogP contribution < -0.4 is 15.2 Å². The number of aromatic nitrogens is 2. The number of nitrogens with zero attached hydrogens (tertiary/aromatic N) is 2. The lowest BCUT2D eigenvalue weighted by molar-refractivity contribution is -0.119. The number of rotatable bonds is 8. The highest BCUT2D eigenvalue weighted by molar-refractivity contribution is 5.75. The second-order valence-electron chi connectivity index (χ2n) is 6.66. The van der Waals surface area contributed by atoms with E-state index in [9.17, 15) is 26.7 Å². The second kappa shape index (κ2) is 9.21. The van der Waals surface area contributed by atoms with Crippen molar-refractivity contribution in [2.24, 2.45) is 5.73 Å². The van der Waals surface area contributed by atoms with Crippen molar-refractivity contribution in [3.05, 3.63) is 71.2 Å². The Bertz CT molecular complexity index is 1320. The highest BCUT2D eigenvalue weighted by atomic mass is 19.2. The van der Waals surface area contributed by atoms with Gasteiger partial charge in [-0.2, -0.15) is 13.8 Å². The summed E-state index contributed by atoms with van der Waals surface area (Å²) in [4.78, 5) is 14.9. The fourth-order valence-corrected chi connectivity index (χ4v) is 2.72. The number of primary amides is 1. The van der Waals surface area contributed by atoms with Crippen LogP contribution in [0.3, 0.4) is 0 Å². The van der Waals surface area contributed by atoms with Crippen LogP contribution >= 0.6 is 0 Å². The van der Waals surface area contributed by atoms with Crippen molar-refractivity contribution in [1.29, 1.82) is 0 Å².